The van der Waals surface area contributed by atoms with E-state index in [4.69, 9.17) is 18.0 Å². The van der Waals surface area contributed by atoms with E-state index in [1.165, 1.54) is 0 Å². The summed E-state index contributed by atoms with van der Waals surface area (Å²) in [6.07, 6.45) is 0. The molecule has 0 aromatic rings. The van der Waals surface area contributed by atoms with E-state index in [2.05, 4.69) is 29.0 Å². The fourth-order valence-corrected chi connectivity index (χ4v) is 2.44. The van der Waals surface area contributed by atoms with Gasteiger partial charge in [-0.05, 0) is 27.7 Å². The number of hydrogen-bond donors (Lipinski definition) is 2. The Balaban J connectivity index is 2.53. The molecule has 1 heterocycles. The zero-order valence-electron chi connectivity index (χ0n) is 12.4. The number of likely N-dealkylation sites (N-methyl/N-ethyl adjacent to an activating group) is 1. The lowest BCUT2D eigenvalue weighted by Crippen LogP contribution is -2.61. The molecule has 1 saturated heterocycles. The Morgan fingerprint density at radius 2 is 1.89 bits per heavy atom. The van der Waals surface area contributed by atoms with E-state index in [9.17, 15) is 4.79 Å². The third-order valence-corrected chi connectivity index (χ3v) is 4.49. The number of nitrogens with two attached hydrogens (primary N) is 1. The number of piperazine rings is 1. The zero-order chi connectivity index (χ0) is 14.6. The SMILES string of the molecule is CCNC(=O)C(C)N1CCN(C(C)(C)C(N)=S)CC1. The van der Waals surface area contributed by atoms with Gasteiger partial charge in [-0.1, -0.05) is 12.2 Å². The topological polar surface area (TPSA) is 61.6 Å². The van der Waals surface area contributed by atoms with E-state index in [1.54, 1.807) is 0 Å². The summed E-state index contributed by atoms with van der Waals surface area (Å²) in [5, 5.41) is 2.87. The molecule has 0 aromatic heterocycles. The summed E-state index contributed by atoms with van der Waals surface area (Å²) in [5.41, 5.74) is 5.54. The van der Waals surface area contributed by atoms with Gasteiger partial charge in [-0.2, -0.15) is 0 Å². The van der Waals surface area contributed by atoms with Crippen LogP contribution < -0.4 is 11.1 Å². The Hall–Kier alpha value is -0.720. The van der Waals surface area contributed by atoms with Crippen molar-refractivity contribution in [1.29, 1.82) is 0 Å². The monoisotopic (exact) mass is 286 g/mol. The van der Waals surface area contributed by atoms with Crippen LogP contribution >= 0.6 is 12.2 Å². The Labute approximate surface area is 121 Å². The van der Waals surface area contributed by atoms with Crippen LogP contribution in [0.3, 0.4) is 0 Å². The minimum atomic E-state index is -0.254. The van der Waals surface area contributed by atoms with Crippen molar-refractivity contribution in [2.45, 2.75) is 39.3 Å². The highest BCUT2D eigenvalue weighted by Gasteiger charge is 2.34. The minimum absolute atomic E-state index is 0.0740. The lowest BCUT2D eigenvalue weighted by molar-refractivity contribution is -0.126. The second-order valence-corrected chi connectivity index (χ2v) is 5.96. The Kier molecular flexibility index (Phi) is 5.70. The van der Waals surface area contributed by atoms with E-state index >= 15 is 0 Å². The summed E-state index contributed by atoms with van der Waals surface area (Å²) in [6.45, 7) is 12.2. The second-order valence-electron chi connectivity index (χ2n) is 5.52. The first-order valence-electron chi connectivity index (χ1n) is 6.87. The Bertz CT molecular complexity index is 338. The van der Waals surface area contributed by atoms with Crippen LogP contribution in [0.1, 0.15) is 27.7 Å². The maximum Gasteiger partial charge on any atom is 0.237 e. The van der Waals surface area contributed by atoms with Gasteiger partial charge in [0, 0.05) is 32.7 Å². The van der Waals surface area contributed by atoms with Crippen LogP contribution in [-0.2, 0) is 4.79 Å². The Morgan fingerprint density at radius 1 is 1.37 bits per heavy atom. The van der Waals surface area contributed by atoms with Crippen LogP contribution in [0.2, 0.25) is 0 Å². The van der Waals surface area contributed by atoms with E-state index in [-0.39, 0.29) is 17.5 Å². The molecule has 0 aliphatic carbocycles. The number of carbonyl (C=O) groups excluding carboxylic acids is 1. The van der Waals surface area contributed by atoms with Crippen molar-refractivity contribution in [2.75, 3.05) is 32.7 Å². The van der Waals surface area contributed by atoms with Gasteiger partial charge in [0.25, 0.3) is 0 Å². The molecule has 0 saturated carbocycles. The molecule has 0 radical (unpaired) electrons. The van der Waals surface area contributed by atoms with E-state index < -0.39 is 0 Å². The van der Waals surface area contributed by atoms with Crippen LogP contribution in [0, 0.1) is 0 Å². The maximum atomic E-state index is 11.8. The van der Waals surface area contributed by atoms with Gasteiger partial charge < -0.3 is 11.1 Å². The molecule has 1 aliphatic heterocycles. The van der Waals surface area contributed by atoms with Crippen molar-refractivity contribution < 1.29 is 4.79 Å². The molecule has 0 bridgehead atoms. The number of thiocarbonyl (C=S) groups is 1. The average molecular weight is 286 g/mol. The van der Waals surface area contributed by atoms with E-state index in [0.29, 0.717) is 11.5 Å². The summed E-state index contributed by atoms with van der Waals surface area (Å²) < 4.78 is 0. The normalized spacial score (nSPS) is 20.0. The van der Waals surface area contributed by atoms with Crippen molar-refractivity contribution in [3.63, 3.8) is 0 Å². The van der Waals surface area contributed by atoms with Crippen molar-refractivity contribution >= 4 is 23.1 Å². The molecule has 0 aromatic carbocycles. The predicted octanol–water partition coefficient (Wildman–Crippen LogP) is 0.193. The largest absolute Gasteiger partial charge is 0.392 e. The van der Waals surface area contributed by atoms with Gasteiger partial charge in [0.15, 0.2) is 0 Å². The van der Waals surface area contributed by atoms with Crippen molar-refractivity contribution in [3.8, 4) is 0 Å². The van der Waals surface area contributed by atoms with Gasteiger partial charge in [-0.3, -0.25) is 14.6 Å². The molecule has 1 unspecified atom stereocenters. The van der Waals surface area contributed by atoms with Crippen LogP contribution in [0.5, 0.6) is 0 Å². The van der Waals surface area contributed by atoms with Gasteiger partial charge in [-0.15, -0.1) is 0 Å². The standard InChI is InChI=1S/C13H26N4OS/c1-5-15-11(18)10(2)16-6-8-17(9-7-16)13(3,4)12(14)19/h10H,5-9H2,1-4H3,(H2,14,19)(H,15,18). The molecular weight excluding hydrogens is 260 g/mol. The van der Waals surface area contributed by atoms with Gasteiger partial charge in [0.05, 0.1) is 16.6 Å². The highest BCUT2D eigenvalue weighted by molar-refractivity contribution is 7.80. The molecule has 110 valence electrons. The summed E-state index contributed by atoms with van der Waals surface area (Å²) in [6, 6.07) is -0.0740. The average Bonchev–Trinajstić information content (AvgIpc) is 2.38. The third kappa shape index (κ3) is 3.87. The first-order chi connectivity index (χ1) is 8.80. The first-order valence-corrected chi connectivity index (χ1v) is 7.28. The molecule has 5 nitrogen and oxygen atoms in total. The van der Waals surface area contributed by atoms with Crippen molar-refractivity contribution in [3.05, 3.63) is 0 Å². The molecule has 1 amide bonds. The summed E-state index contributed by atoms with van der Waals surface area (Å²) in [4.78, 5) is 16.8. The fourth-order valence-electron chi connectivity index (χ4n) is 2.31. The molecule has 0 spiro atoms. The van der Waals surface area contributed by atoms with Crippen LogP contribution in [0.4, 0.5) is 0 Å². The van der Waals surface area contributed by atoms with E-state index in [0.717, 1.165) is 26.2 Å². The van der Waals surface area contributed by atoms with Crippen LogP contribution in [0.25, 0.3) is 0 Å². The molecule has 3 N–H and O–H groups in total. The summed E-state index contributed by atoms with van der Waals surface area (Å²) in [5.74, 6) is 0.101. The number of carbonyl (C=O) groups is 1. The molecule has 6 heteroatoms. The summed E-state index contributed by atoms with van der Waals surface area (Å²) >= 11 is 5.13. The highest BCUT2D eigenvalue weighted by Crippen LogP contribution is 2.18. The van der Waals surface area contributed by atoms with Gasteiger partial charge in [-0.25, -0.2) is 0 Å². The molecule has 1 aliphatic rings. The predicted molar refractivity (Wildman–Crippen MR) is 82.2 cm³/mol. The Morgan fingerprint density at radius 3 is 2.32 bits per heavy atom. The fraction of sp³-hybridized carbons (Fsp3) is 0.846. The van der Waals surface area contributed by atoms with Crippen molar-refractivity contribution in [2.24, 2.45) is 5.73 Å². The third-order valence-electron chi connectivity index (χ3n) is 3.99. The van der Waals surface area contributed by atoms with Gasteiger partial charge in [0.1, 0.15) is 0 Å². The minimum Gasteiger partial charge on any atom is -0.392 e. The van der Waals surface area contributed by atoms with Crippen LogP contribution in [-0.4, -0.2) is 65.0 Å². The summed E-state index contributed by atoms with van der Waals surface area (Å²) in [7, 11) is 0. The number of amides is 1. The van der Waals surface area contributed by atoms with Gasteiger partial charge in [0.2, 0.25) is 5.91 Å². The van der Waals surface area contributed by atoms with Crippen molar-refractivity contribution in [1.82, 2.24) is 15.1 Å². The first kappa shape index (κ1) is 16.3. The van der Waals surface area contributed by atoms with Crippen LogP contribution in [0.15, 0.2) is 0 Å². The quantitative estimate of drug-likeness (QED) is 0.707. The molecular formula is C13H26N4OS. The lowest BCUT2D eigenvalue weighted by Gasteiger charge is -2.44. The number of nitrogens with zero attached hydrogens (tertiary/aromatic N) is 2. The van der Waals surface area contributed by atoms with E-state index in [1.807, 2.05) is 13.8 Å². The number of rotatable bonds is 5. The molecule has 1 atom stereocenters. The molecule has 1 fully saturated rings. The second kappa shape index (κ2) is 6.63. The lowest BCUT2D eigenvalue weighted by atomic mass is 10.0. The molecule has 19 heavy (non-hydrogen) atoms. The zero-order valence-corrected chi connectivity index (χ0v) is 13.2. The maximum absolute atomic E-state index is 11.8. The number of nitrogens with one attached hydrogen (secondary N) is 1. The number of hydrogen-bond acceptors (Lipinski definition) is 4. The smallest absolute Gasteiger partial charge is 0.237 e. The highest BCUT2D eigenvalue weighted by atomic mass is 32.1. The molecule has 1 rings (SSSR count). The van der Waals surface area contributed by atoms with Gasteiger partial charge >= 0.3 is 0 Å².